The molecule has 0 fully saturated rings. The summed E-state index contributed by atoms with van der Waals surface area (Å²) in [4.78, 5) is 15.4. The summed E-state index contributed by atoms with van der Waals surface area (Å²) in [5, 5.41) is 1.96. The summed E-state index contributed by atoms with van der Waals surface area (Å²) in [6.45, 7) is 5.87. The van der Waals surface area contributed by atoms with Crippen molar-refractivity contribution in [3.05, 3.63) is 52.2 Å². The molecule has 5 nitrogen and oxygen atoms in total. The third-order valence-electron chi connectivity index (χ3n) is 3.68. The standard InChI is InChI=1S/C18H23NO4S2/c1-4-25(21,22)23-16-8-5-7-15(11-16)13-19(14(2)3)18(20)12-17-9-6-10-24-17/h5-11,14H,4,12-13H2,1-3H3. The van der Waals surface area contributed by atoms with Crippen LogP contribution in [0.4, 0.5) is 0 Å². The molecule has 0 atom stereocenters. The first-order chi connectivity index (χ1) is 11.8. The number of amides is 1. The van der Waals surface area contributed by atoms with Crippen molar-refractivity contribution in [2.24, 2.45) is 0 Å². The van der Waals surface area contributed by atoms with E-state index in [0.29, 0.717) is 13.0 Å². The van der Waals surface area contributed by atoms with E-state index in [9.17, 15) is 13.2 Å². The summed E-state index contributed by atoms with van der Waals surface area (Å²) in [6, 6.07) is 10.8. The van der Waals surface area contributed by atoms with Crippen LogP contribution < -0.4 is 4.18 Å². The Morgan fingerprint density at radius 3 is 2.60 bits per heavy atom. The predicted octanol–water partition coefficient (Wildman–Crippen LogP) is 3.46. The quantitative estimate of drug-likeness (QED) is 0.657. The fraction of sp³-hybridized carbons (Fsp3) is 0.389. The summed E-state index contributed by atoms with van der Waals surface area (Å²) in [5.41, 5.74) is 0.831. The molecule has 1 aromatic carbocycles. The molecule has 25 heavy (non-hydrogen) atoms. The normalized spacial score (nSPS) is 11.5. The Bertz CT molecular complexity index is 798. The molecular formula is C18H23NO4S2. The molecule has 1 amide bonds. The lowest BCUT2D eigenvalue weighted by Gasteiger charge is -2.27. The van der Waals surface area contributed by atoms with Crippen molar-refractivity contribution in [1.82, 2.24) is 4.90 Å². The number of benzene rings is 1. The van der Waals surface area contributed by atoms with Crippen molar-refractivity contribution in [1.29, 1.82) is 0 Å². The highest BCUT2D eigenvalue weighted by molar-refractivity contribution is 7.87. The Morgan fingerprint density at radius 2 is 2.00 bits per heavy atom. The van der Waals surface area contributed by atoms with Gasteiger partial charge in [0.1, 0.15) is 5.75 Å². The smallest absolute Gasteiger partial charge is 0.308 e. The molecule has 0 unspecified atom stereocenters. The molecule has 0 spiro atoms. The molecule has 0 saturated heterocycles. The van der Waals surface area contributed by atoms with Crippen LogP contribution in [0.3, 0.4) is 0 Å². The molecule has 136 valence electrons. The first-order valence-corrected chi connectivity index (χ1v) is 10.6. The van der Waals surface area contributed by atoms with Crippen molar-refractivity contribution in [2.45, 2.75) is 39.8 Å². The van der Waals surface area contributed by atoms with Crippen molar-refractivity contribution in [2.75, 3.05) is 5.75 Å². The van der Waals surface area contributed by atoms with Crippen molar-refractivity contribution in [3.63, 3.8) is 0 Å². The molecule has 0 radical (unpaired) electrons. The minimum Gasteiger partial charge on any atom is -0.382 e. The van der Waals surface area contributed by atoms with Crippen LogP contribution in [0.25, 0.3) is 0 Å². The number of rotatable bonds is 8. The van der Waals surface area contributed by atoms with Gasteiger partial charge in [-0.15, -0.1) is 11.3 Å². The zero-order valence-corrected chi connectivity index (χ0v) is 16.3. The second-order valence-corrected chi connectivity index (χ2v) is 8.84. The van der Waals surface area contributed by atoms with Crippen LogP contribution in [-0.2, 0) is 27.9 Å². The Hall–Kier alpha value is -1.86. The number of carbonyl (C=O) groups is 1. The largest absolute Gasteiger partial charge is 0.382 e. The van der Waals surface area contributed by atoms with Gasteiger partial charge in [-0.3, -0.25) is 4.79 Å². The second-order valence-electron chi connectivity index (χ2n) is 5.95. The summed E-state index contributed by atoms with van der Waals surface area (Å²) in [6.07, 6.45) is 0.371. The lowest BCUT2D eigenvalue weighted by Crippen LogP contribution is -2.37. The first-order valence-electron chi connectivity index (χ1n) is 8.13. The molecule has 0 saturated carbocycles. The van der Waals surface area contributed by atoms with E-state index < -0.39 is 10.1 Å². The maximum atomic E-state index is 12.6. The molecule has 0 aliphatic carbocycles. The van der Waals surface area contributed by atoms with Crippen LogP contribution in [0.15, 0.2) is 41.8 Å². The lowest BCUT2D eigenvalue weighted by molar-refractivity contribution is -0.132. The SMILES string of the molecule is CCS(=O)(=O)Oc1cccc(CN(C(=O)Cc2cccs2)C(C)C)c1. The molecule has 7 heteroatoms. The second kappa shape index (κ2) is 8.49. The topological polar surface area (TPSA) is 63.7 Å². The van der Waals surface area contributed by atoms with Gasteiger partial charge in [0.2, 0.25) is 5.91 Å². The summed E-state index contributed by atoms with van der Waals surface area (Å²) < 4.78 is 28.3. The van der Waals surface area contributed by atoms with E-state index in [4.69, 9.17) is 4.18 Å². The predicted molar refractivity (Wildman–Crippen MR) is 100 cm³/mol. The first kappa shape index (κ1) is 19.5. The van der Waals surface area contributed by atoms with Crippen LogP contribution >= 0.6 is 11.3 Å². The van der Waals surface area contributed by atoms with Gasteiger partial charge < -0.3 is 9.08 Å². The monoisotopic (exact) mass is 381 g/mol. The highest BCUT2D eigenvalue weighted by Gasteiger charge is 2.19. The van der Waals surface area contributed by atoms with E-state index in [-0.39, 0.29) is 23.5 Å². The molecule has 0 aliphatic rings. The van der Waals surface area contributed by atoms with Crippen LogP contribution in [0, 0.1) is 0 Å². The third-order valence-corrected chi connectivity index (χ3v) is 5.71. The lowest BCUT2D eigenvalue weighted by atomic mass is 10.1. The van der Waals surface area contributed by atoms with Crippen LogP contribution in [0.2, 0.25) is 0 Å². The van der Waals surface area contributed by atoms with Gasteiger partial charge in [0.25, 0.3) is 0 Å². The molecule has 0 aliphatic heterocycles. The summed E-state index contributed by atoms with van der Waals surface area (Å²) in [5.74, 6) is 0.230. The fourth-order valence-electron chi connectivity index (χ4n) is 2.32. The van der Waals surface area contributed by atoms with E-state index >= 15 is 0 Å². The van der Waals surface area contributed by atoms with Crippen LogP contribution in [-0.4, -0.2) is 31.0 Å². The highest BCUT2D eigenvalue weighted by atomic mass is 32.2. The zero-order chi connectivity index (χ0) is 18.4. The molecular weight excluding hydrogens is 358 g/mol. The molecule has 2 aromatic rings. The molecule has 0 bridgehead atoms. The molecule has 1 aromatic heterocycles. The third kappa shape index (κ3) is 5.86. The average Bonchev–Trinajstić information content (AvgIpc) is 3.05. The van der Waals surface area contributed by atoms with Gasteiger partial charge in [0, 0.05) is 17.5 Å². The Morgan fingerprint density at radius 1 is 1.24 bits per heavy atom. The number of thiophene rings is 1. The van der Waals surface area contributed by atoms with Crippen molar-refractivity contribution in [3.8, 4) is 5.75 Å². The fourth-order valence-corrected chi connectivity index (χ4v) is 3.53. The summed E-state index contributed by atoms with van der Waals surface area (Å²) in [7, 11) is -3.56. The molecule has 1 heterocycles. The van der Waals surface area contributed by atoms with E-state index in [0.717, 1.165) is 10.4 Å². The van der Waals surface area contributed by atoms with Crippen molar-refractivity contribution >= 4 is 27.4 Å². The maximum absolute atomic E-state index is 12.6. The van der Waals surface area contributed by atoms with E-state index in [1.807, 2.05) is 37.4 Å². The Labute approximate surface area is 153 Å². The average molecular weight is 382 g/mol. The van der Waals surface area contributed by atoms with Gasteiger partial charge in [0.05, 0.1) is 12.2 Å². The highest BCUT2D eigenvalue weighted by Crippen LogP contribution is 2.19. The minimum absolute atomic E-state index is 0.0383. The van der Waals surface area contributed by atoms with Gasteiger partial charge in [0.15, 0.2) is 0 Å². The van der Waals surface area contributed by atoms with E-state index in [2.05, 4.69) is 0 Å². The number of hydrogen-bond acceptors (Lipinski definition) is 5. The van der Waals surface area contributed by atoms with Crippen molar-refractivity contribution < 1.29 is 17.4 Å². The van der Waals surface area contributed by atoms with Crippen LogP contribution in [0.5, 0.6) is 5.75 Å². The zero-order valence-electron chi connectivity index (χ0n) is 14.6. The van der Waals surface area contributed by atoms with E-state index in [1.54, 1.807) is 34.4 Å². The van der Waals surface area contributed by atoms with Crippen LogP contribution in [0.1, 0.15) is 31.2 Å². The number of hydrogen-bond donors (Lipinski definition) is 0. The van der Waals surface area contributed by atoms with Gasteiger partial charge in [-0.25, -0.2) is 0 Å². The Balaban J connectivity index is 2.12. The molecule has 0 N–H and O–H groups in total. The number of nitrogens with zero attached hydrogens (tertiary/aromatic N) is 1. The Kier molecular flexibility index (Phi) is 6.61. The van der Waals surface area contributed by atoms with Gasteiger partial charge in [-0.05, 0) is 49.9 Å². The van der Waals surface area contributed by atoms with E-state index in [1.165, 1.54) is 6.92 Å². The van der Waals surface area contributed by atoms with Gasteiger partial charge in [-0.2, -0.15) is 8.42 Å². The minimum atomic E-state index is -3.56. The maximum Gasteiger partial charge on any atom is 0.308 e. The van der Waals surface area contributed by atoms with Gasteiger partial charge >= 0.3 is 10.1 Å². The summed E-state index contributed by atoms with van der Waals surface area (Å²) >= 11 is 1.56. The molecule has 2 rings (SSSR count). The van der Waals surface area contributed by atoms with Gasteiger partial charge in [-0.1, -0.05) is 18.2 Å². The number of carbonyl (C=O) groups excluding carboxylic acids is 1.